The minimum Gasteiger partial charge on any atom is -0.480 e. The number of urea groups is 1. The highest BCUT2D eigenvalue weighted by molar-refractivity contribution is 8.00. The predicted molar refractivity (Wildman–Crippen MR) is 75.4 cm³/mol. The third kappa shape index (κ3) is 3.78. The first kappa shape index (κ1) is 14.5. The van der Waals surface area contributed by atoms with E-state index in [4.69, 9.17) is 5.11 Å². The molecule has 1 saturated heterocycles. The summed E-state index contributed by atoms with van der Waals surface area (Å²) in [5, 5.41) is 9.37. The molecule has 2 rings (SSSR count). The molecule has 2 atom stereocenters. The Morgan fingerprint density at radius 1 is 1.37 bits per heavy atom. The lowest BCUT2D eigenvalue weighted by atomic mass is 10.2. The van der Waals surface area contributed by atoms with Gasteiger partial charge >= 0.3 is 12.0 Å². The van der Waals surface area contributed by atoms with Gasteiger partial charge in [0.1, 0.15) is 6.54 Å². The zero-order valence-corrected chi connectivity index (χ0v) is 12.4. The number of aliphatic carboxylic acids is 1. The van der Waals surface area contributed by atoms with E-state index < -0.39 is 5.97 Å². The van der Waals surface area contributed by atoms with E-state index in [-0.39, 0.29) is 18.6 Å². The average Bonchev–Trinajstić information content (AvgIpc) is 3.14. The van der Waals surface area contributed by atoms with Crippen LogP contribution in [-0.2, 0) is 4.79 Å². The largest absolute Gasteiger partial charge is 0.480 e. The first-order chi connectivity index (χ1) is 8.99. The molecule has 0 bridgehead atoms. The maximum Gasteiger partial charge on any atom is 0.323 e. The zero-order chi connectivity index (χ0) is 14.0. The smallest absolute Gasteiger partial charge is 0.323 e. The van der Waals surface area contributed by atoms with Gasteiger partial charge in [0.05, 0.1) is 0 Å². The zero-order valence-electron chi connectivity index (χ0n) is 11.5. The van der Waals surface area contributed by atoms with Crippen LogP contribution in [0.15, 0.2) is 0 Å². The molecule has 1 N–H and O–H groups in total. The molecule has 2 fully saturated rings. The molecule has 0 spiro atoms. The van der Waals surface area contributed by atoms with Crippen molar-refractivity contribution in [3.8, 4) is 0 Å². The van der Waals surface area contributed by atoms with Crippen molar-refractivity contribution in [2.24, 2.45) is 5.92 Å². The summed E-state index contributed by atoms with van der Waals surface area (Å²) in [5.41, 5.74) is 0. The van der Waals surface area contributed by atoms with Crippen LogP contribution in [0.1, 0.15) is 26.7 Å². The summed E-state index contributed by atoms with van der Waals surface area (Å²) in [7, 11) is 0. The molecule has 1 saturated carbocycles. The van der Waals surface area contributed by atoms with Gasteiger partial charge in [-0.3, -0.25) is 4.79 Å². The third-order valence-corrected chi connectivity index (χ3v) is 5.24. The fraction of sp³-hybridized carbons (Fsp3) is 0.846. The number of carbonyl (C=O) groups excluding carboxylic acids is 1. The van der Waals surface area contributed by atoms with Gasteiger partial charge in [-0.05, 0) is 25.7 Å². The van der Waals surface area contributed by atoms with Crippen molar-refractivity contribution in [3.63, 3.8) is 0 Å². The predicted octanol–water partition coefficient (Wildman–Crippen LogP) is 1.73. The molecular formula is C13H22N2O3S. The van der Waals surface area contributed by atoms with Crippen molar-refractivity contribution in [3.05, 3.63) is 0 Å². The normalized spacial score (nSPS) is 27.2. The Labute approximate surface area is 118 Å². The lowest BCUT2D eigenvalue weighted by Crippen LogP contribution is -2.54. The Kier molecular flexibility index (Phi) is 4.60. The topological polar surface area (TPSA) is 60.9 Å². The molecule has 0 aromatic carbocycles. The molecule has 1 heterocycles. The van der Waals surface area contributed by atoms with Crippen LogP contribution < -0.4 is 0 Å². The van der Waals surface area contributed by atoms with Gasteiger partial charge < -0.3 is 14.9 Å². The van der Waals surface area contributed by atoms with Gasteiger partial charge in [-0.1, -0.05) is 6.92 Å². The second-order valence-corrected chi connectivity index (χ2v) is 7.00. The second kappa shape index (κ2) is 6.03. The summed E-state index contributed by atoms with van der Waals surface area (Å²) in [6, 6.07) is 0.0655. The summed E-state index contributed by atoms with van der Waals surface area (Å²) in [4.78, 5) is 26.8. The maximum absolute atomic E-state index is 12.5. The number of amides is 2. The molecule has 108 valence electrons. The Balaban J connectivity index is 2.01. The highest BCUT2D eigenvalue weighted by atomic mass is 32.2. The molecule has 2 aliphatic rings. The van der Waals surface area contributed by atoms with Gasteiger partial charge in [-0.25, -0.2) is 4.79 Å². The van der Waals surface area contributed by atoms with Gasteiger partial charge in [0.2, 0.25) is 0 Å². The molecule has 0 aromatic rings. The summed E-state index contributed by atoms with van der Waals surface area (Å²) < 4.78 is 0. The number of carboxylic acid groups (broad SMARTS) is 1. The standard InChI is InChI=1S/C13H22N2O3S/c1-9-10(2)19-6-5-15(9)13(18)14(8-12(16)17)7-11-3-4-11/h9-11H,3-8H2,1-2H3,(H,16,17). The molecule has 2 unspecified atom stereocenters. The Hall–Kier alpha value is -0.910. The van der Waals surface area contributed by atoms with Crippen LogP contribution in [0.25, 0.3) is 0 Å². The molecule has 1 aliphatic carbocycles. The van der Waals surface area contributed by atoms with E-state index in [9.17, 15) is 9.59 Å². The van der Waals surface area contributed by atoms with Gasteiger partial charge in [-0.15, -0.1) is 0 Å². The van der Waals surface area contributed by atoms with E-state index in [0.717, 1.165) is 25.1 Å². The lowest BCUT2D eigenvalue weighted by molar-refractivity contribution is -0.137. The molecule has 1 aliphatic heterocycles. The second-order valence-electron chi connectivity index (χ2n) is 5.51. The summed E-state index contributed by atoms with van der Waals surface area (Å²) in [6.07, 6.45) is 2.23. The molecule has 6 heteroatoms. The van der Waals surface area contributed by atoms with E-state index in [1.165, 1.54) is 4.90 Å². The highest BCUT2D eigenvalue weighted by Gasteiger charge is 2.34. The first-order valence-corrected chi connectivity index (χ1v) is 7.93. The van der Waals surface area contributed by atoms with Crippen molar-refractivity contribution in [2.75, 3.05) is 25.4 Å². The molecular weight excluding hydrogens is 264 g/mol. The SMILES string of the molecule is CC1SCCN(C(=O)N(CC(=O)O)CC2CC2)C1C. The van der Waals surface area contributed by atoms with E-state index >= 15 is 0 Å². The number of rotatable bonds is 4. The van der Waals surface area contributed by atoms with Gasteiger partial charge in [0.15, 0.2) is 0 Å². The van der Waals surface area contributed by atoms with Gasteiger partial charge in [-0.2, -0.15) is 11.8 Å². The van der Waals surface area contributed by atoms with Crippen molar-refractivity contribution < 1.29 is 14.7 Å². The highest BCUT2D eigenvalue weighted by Crippen LogP contribution is 2.31. The summed E-state index contributed by atoms with van der Waals surface area (Å²) >= 11 is 1.87. The van der Waals surface area contributed by atoms with Crippen LogP contribution in [0.2, 0.25) is 0 Å². The number of nitrogens with zero attached hydrogens (tertiary/aromatic N) is 2. The van der Waals surface area contributed by atoms with Crippen LogP contribution in [0.3, 0.4) is 0 Å². The van der Waals surface area contributed by atoms with Gasteiger partial charge in [0, 0.05) is 30.1 Å². The number of hydrogen-bond donors (Lipinski definition) is 1. The fourth-order valence-corrected chi connectivity index (χ4v) is 3.47. The first-order valence-electron chi connectivity index (χ1n) is 6.88. The number of thioether (sulfide) groups is 1. The average molecular weight is 286 g/mol. The van der Waals surface area contributed by atoms with E-state index in [2.05, 4.69) is 6.92 Å². The number of hydrogen-bond acceptors (Lipinski definition) is 3. The molecule has 5 nitrogen and oxygen atoms in total. The van der Waals surface area contributed by atoms with Crippen LogP contribution in [0.5, 0.6) is 0 Å². The minimum absolute atomic E-state index is 0.103. The maximum atomic E-state index is 12.5. The summed E-state index contributed by atoms with van der Waals surface area (Å²) in [6.45, 7) is 5.30. The molecule has 0 radical (unpaired) electrons. The minimum atomic E-state index is -0.930. The van der Waals surface area contributed by atoms with Crippen LogP contribution >= 0.6 is 11.8 Å². The van der Waals surface area contributed by atoms with Crippen molar-refractivity contribution in [1.29, 1.82) is 0 Å². The Morgan fingerprint density at radius 3 is 2.63 bits per heavy atom. The molecule has 2 amide bonds. The molecule has 0 aromatic heterocycles. The quantitative estimate of drug-likeness (QED) is 0.855. The van der Waals surface area contributed by atoms with Crippen molar-refractivity contribution >= 4 is 23.8 Å². The fourth-order valence-electron chi connectivity index (χ4n) is 2.37. The molecule has 19 heavy (non-hydrogen) atoms. The van der Waals surface area contributed by atoms with Crippen molar-refractivity contribution in [2.45, 2.75) is 38.0 Å². The van der Waals surface area contributed by atoms with Crippen LogP contribution in [0.4, 0.5) is 4.79 Å². The Morgan fingerprint density at radius 2 is 2.05 bits per heavy atom. The Bertz CT molecular complexity index is 360. The number of carboxylic acids is 1. The van der Waals surface area contributed by atoms with E-state index in [0.29, 0.717) is 17.7 Å². The summed E-state index contributed by atoms with van der Waals surface area (Å²) in [5.74, 6) is 0.512. The third-order valence-electron chi connectivity index (χ3n) is 3.90. The van der Waals surface area contributed by atoms with E-state index in [1.807, 2.05) is 23.6 Å². The van der Waals surface area contributed by atoms with Crippen LogP contribution in [0, 0.1) is 5.92 Å². The van der Waals surface area contributed by atoms with E-state index in [1.54, 1.807) is 0 Å². The van der Waals surface area contributed by atoms with Crippen molar-refractivity contribution in [1.82, 2.24) is 9.80 Å². The van der Waals surface area contributed by atoms with Crippen LogP contribution in [-0.4, -0.2) is 63.6 Å². The lowest BCUT2D eigenvalue weighted by Gasteiger charge is -2.40. The van der Waals surface area contributed by atoms with Gasteiger partial charge in [0.25, 0.3) is 0 Å². The number of carbonyl (C=O) groups is 2. The monoisotopic (exact) mass is 286 g/mol.